The smallest absolute Gasteiger partial charge is 1.00 e. The molecule has 3 radical (unpaired) electrons. The molecule has 0 aliphatic rings. The van der Waals surface area contributed by atoms with Crippen LogP contribution in [0.3, 0.4) is 0 Å². The van der Waals surface area contributed by atoms with Gasteiger partial charge in [-0.2, -0.15) is 0 Å². The molecule has 1 N–H and O–H groups in total. The van der Waals surface area contributed by atoms with Gasteiger partial charge in [-0.3, -0.25) is 0 Å². The first-order chi connectivity index (χ1) is 0. The molecule has 0 unspecified atom stereocenters. The fourth-order valence-corrected chi connectivity index (χ4v) is 0. The molecule has 0 rings (SSSR count). The molecule has 0 aromatic carbocycles. The average molecular weight is 160 g/mol. The zero-order valence-electron chi connectivity index (χ0n) is 2.46. The van der Waals surface area contributed by atoms with Gasteiger partial charge < -0.3 is 17.9 Å². The van der Waals surface area contributed by atoms with Crippen LogP contribution in [0.1, 0.15) is 0 Å². The van der Waals surface area contributed by atoms with E-state index in [9.17, 15) is 0 Å². The van der Waals surface area contributed by atoms with Crippen LogP contribution in [0.5, 0.6) is 0 Å². The average Bonchev–Trinajstić information content (AvgIpc) is 0. The van der Waals surface area contributed by atoms with E-state index >= 15 is 0 Å². The summed E-state index contributed by atoms with van der Waals surface area (Å²) in [6, 6.07) is 0. The van der Waals surface area contributed by atoms with Gasteiger partial charge in [0.1, 0.15) is 0 Å². The third-order valence-corrected chi connectivity index (χ3v) is 0. The van der Waals surface area contributed by atoms with Crippen molar-refractivity contribution >= 4 is 40.4 Å². The topological polar surface area (TPSA) is 30.0 Å². The molecule has 0 heterocycles. The molecule has 5 heteroatoms. The summed E-state index contributed by atoms with van der Waals surface area (Å²) in [5.41, 5.74) is 0. The van der Waals surface area contributed by atoms with Crippen molar-refractivity contribution in [1.82, 2.24) is 0 Å². The van der Waals surface area contributed by atoms with Crippen molar-refractivity contribution < 1.29 is 35.0 Å². The van der Waals surface area contributed by atoms with Crippen molar-refractivity contribution in [3.63, 3.8) is 0 Å². The molecule has 0 atom stereocenters. The monoisotopic (exact) mass is 159 g/mol. The van der Waals surface area contributed by atoms with E-state index in [4.69, 9.17) is 0 Å². The normalized spacial score (nSPS) is 0. The van der Waals surface area contributed by atoms with E-state index in [0.717, 1.165) is 0 Å². The first-order valence-electron chi connectivity index (χ1n) is 0. The predicted octanol–water partition coefficient (Wildman–Crippen LogP) is -3.94. The van der Waals surface area contributed by atoms with E-state index < -0.39 is 0 Å². The van der Waals surface area contributed by atoms with E-state index in [2.05, 4.69) is 0 Å². The van der Waals surface area contributed by atoms with Crippen LogP contribution in [0.25, 0.3) is 0 Å². The van der Waals surface area contributed by atoms with Crippen molar-refractivity contribution in [3.05, 3.63) is 0 Å². The van der Waals surface area contributed by atoms with Gasteiger partial charge in [0.2, 0.25) is 0 Å². The van der Waals surface area contributed by atoms with Crippen molar-refractivity contribution in [1.29, 1.82) is 0 Å². The van der Waals surface area contributed by atoms with Gasteiger partial charge in [0.05, 0.1) is 0 Å². The summed E-state index contributed by atoms with van der Waals surface area (Å²) < 4.78 is 0. The molecule has 25 valence electrons. The Bertz CT molecular complexity index is 11.6. The standard InChI is InChI=1S/Al.ClH.Fe.Mg.H2O/h;1H;;;1H2/q;;2*+2;/p-2. The molecule has 5 heavy (non-hydrogen) atoms. The third-order valence-electron chi connectivity index (χ3n) is 0. The zero-order chi connectivity index (χ0) is 0. The molecule has 1 nitrogen and oxygen atoms in total. The van der Waals surface area contributed by atoms with Crippen LogP contribution in [0.4, 0.5) is 0 Å². The molecule has 0 saturated heterocycles. The van der Waals surface area contributed by atoms with Gasteiger partial charge in [-0.05, 0) is 0 Å². The Kier molecular flexibility index (Phi) is 443. The number of rotatable bonds is 0. The Balaban J connectivity index is 0. The maximum absolute atomic E-state index is 0. The Hall–Kier alpha value is 2.07. The van der Waals surface area contributed by atoms with Gasteiger partial charge in [0.15, 0.2) is 0 Å². The molecule has 0 aromatic heterocycles. The molecule has 0 aliphatic heterocycles. The summed E-state index contributed by atoms with van der Waals surface area (Å²) in [6.07, 6.45) is 0. The van der Waals surface area contributed by atoms with Crippen molar-refractivity contribution in [2.75, 3.05) is 0 Å². The molecule has 0 aromatic rings. The summed E-state index contributed by atoms with van der Waals surface area (Å²) >= 11 is 0. The third kappa shape index (κ3) is 23.5. The van der Waals surface area contributed by atoms with E-state index in [1.54, 1.807) is 0 Å². The molecular formula is HAlClFeMgO+2. The SMILES string of the molecule is [Al].[Cl-].[Fe+2].[Mg+2].[OH-]. The first kappa shape index (κ1) is 60.8. The van der Waals surface area contributed by atoms with Crippen LogP contribution >= 0.6 is 0 Å². The van der Waals surface area contributed by atoms with E-state index in [0.29, 0.717) is 0 Å². The van der Waals surface area contributed by atoms with Gasteiger partial charge in [0, 0.05) is 17.4 Å². The minimum Gasteiger partial charge on any atom is -1.00 e. The number of hydrogen-bond acceptors (Lipinski definition) is 1. The second kappa shape index (κ2) is 36.4. The largest absolute Gasteiger partial charge is 2.00 e. The Morgan fingerprint density at radius 3 is 1.00 bits per heavy atom. The molecule has 0 saturated carbocycles. The summed E-state index contributed by atoms with van der Waals surface area (Å²) in [4.78, 5) is 0. The van der Waals surface area contributed by atoms with Gasteiger partial charge in [-0.15, -0.1) is 0 Å². The summed E-state index contributed by atoms with van der Waals surface area (Å²) in [6.45, 7) is 0. The number of halogens is 1. The molecule has 0 amide bonds. The second-order valence-electron chi connectivity index (χ2n) is 0. The minimum atomic E-state index is 0. The molecule has 0 bridgehead atoms. The van der Waals surface area contributed by atoms with Crippen LogP contribution in [0.15, 0.2) is 0 Å². The molecule has 0 aliphatic carbocycles. The number of hydrogen-bond donors (Lipinski definition) is 0. The fraction of sp³-hybridized carbons (Fsp3) is 0. The van der Waals surface area contributed by atoms with Gasteiger partial charge in [-0.25, -0.2) is 0 Å². The Morgan fingerprint density at radius 1 is 1.00 bits per heavy atom. The van der Waals surface area contributed by atoms with Crippen LogP contribution in [-0.4, -0.2) is 45.9 Å². The van der Waals surface area contributed by atoms with Gasteiger partial charge in [-0.1, -0.05) is 0 Å². The van der Waals surface area contributed by atoms with Crippen LogP contribution in [0, 0.1) is 0 Å². The van der Waals surface area contributed by atoms with E-state index in [-0.39, 0.29) is 75.4 Å². The van der Waals surface area contributed by atoms with Crippen LogP contribution < -0.4 is 12.4 Å². The fourth-order valence-electron chi connectivity index (χ4n) is 0. The maximum Gasteiger partial charge on any atom is 2.00 e. The Labute approximate surface area is 74.7 Å². The Morgan fingerprint density at radius 2 is 1.00 bits per heavy atom. The van der Waals surface area contributed by atoms with Crippen LogP contribution in [-0.2, 0) is 17.1 Å². The molecule has 0 fully saturated rings. The minimum absolute atomic E-state index is 0. The van der Waals surface area contributed by atoms with Crippen molar-refractivity contribution in [2.24, 2.45) is 0 Å². The molecular weight excluding hydrogens is 159 g/mol. The van der Waals surface area contributed by atoms with Gasteiger partial charge in [0.25, 0.3) is 0 Å². The summed E-state index contributed by atoms with van der Waals surface area (Å²) in [5, 5.41) is 0. The molecule has 0 spiro atoms. The van der Waals surface area contributed by atoms with Crippen molar-refractivity contribution in [2.45, 2.75) is 0 Å². The maximum atomic E-state index is 0. The second-order valence-corrected chi connectivity index (χ2v) is 0. The van der Waals surface area contributed by atoms with E-state index in [1.165, 1.54) is 0 Å². The van der Waals surface area contributed by atoms with Crippen LogP contribution in [0.2, 0.25) is 0 Å². The predicted molar refractivity (Wildman–Crippen MR) is 13.4 cm³/mol. The van der Waals surface area contributed by atoms with E-state index in [1.807, 2.05) is 0 Å². The summed E-state index contributed by atoms with van der Waals surface area (Å²) in [7, 11) is 0. The zero-order valence-corrected chi connectivity index (χ0v) is 6.89. The quantitative estimate of drug-likeness (QED) is 0.332. The summed E-state index contributed by atoms with van der Waals surface area (Å²) in [5.74, 6) is 0. The van der Waals surface area contributed by atoms with Gasteiger partial charge >= 0.3 is 40.1 Å². The van der Waals surface area contributed by atoms with Crippen molar-refractivity contribution in [3.8, 4) is 0 Å². The first-order valence-corrected chi connectivity index (χ1v) is 0.